The lowest BCUT2D eigenvalue weighted by Crippen LogP contribution is -2.46. The fourth-order valence-corrected chi connectivity index (χ4v) is 4.39. The Morgan fingerprint density at radius 2 is 2.11 bits per heavy atom. The molecule has 0 bridgehead atoms. The second-order valence-corrected chi connectivity index (χ2v) is 9.57. The summed E-state index contributed by atoms with van der Waals surface area (Å²) in [6.45, 7) is 6.98. The topological polar surface area (TPSA) is 79.0 Å². The third kappa shape index (κ3) is 5.21. The molecule has 1 saturated heterocycles. The Hall–Kier alpha value is -1.64. The fourth-order valence-electron chi connectivity index (χ4n) is 3.31. The van der Waals surface area contributed by atoms with Crippen LogP contribution in [0.1, 0.15) is 37.0 Å². The molecule has 0 radical (unpaired) electrons. The van der Waals surface area contributed by atoms with Gasteiger partial charge in [-0.1, -0.05) is 6.92 Å². The van der Waals surface area contributed by atoms with Crippen LogP contribution in [0.5, 0.6) is 5.75 Å². The molecular weight excluding hydrogens is 366 g/mol. The van der Waals surface area contributed by atoms with E-state index in [0.717, 1.165) is 17.4 Å². The van der Waals surface area contributed by atoms with Gasteiger partial charge in [-0.15, -0.1) is 0 Å². The Labute approximate surface area is 162 Å². The average Bonchev–Trinajstić information content (AvgIpc) is 2.65. The van der Waals surface area contributed by atoms with Crippen LogP contribution in [-0.4, -0.2) is 70.4 Å². The van der Waals surface area contributed by atoms with Crippen LogP contribution in [0.15, 0.2) is 23.1 Å². The van der Waals surface area contributed by atoms with Gasteiger partial charge >= 0.3 is 0 Å². The van der Waals surface area contributed by atoms with E-state index in [9.17, 15) is 13.2 Å². The fraction of sp³-hybridized carbons (Fsp3) is 0.632. The first-order chi connectivity index (χ1) is 12.7. The van der Waals surface area contributed by atoms with Crippen LogP contribution < -0.4 is 10.1 Å². The normalized spacial score (nSPS) is 19.7. The van der Waals surface area contributed by atoms with Crippen LogP contribution >= 0.6 is 0 Å². The summed E-state index contributed by atoms with van der Waals surface area (Å²) in [4.78, 5) is 14.9. The van der Waals surface area contributed by atoms with Crippen molar-refractivity contribution < 1.29 is 17.9 Å². The highest BCUT2D eigenvalue weighted by atomic mass is 32.2. The van der Waals surface area contributed by atoms with E-state index < -0.39 is 10.0 Å². The van der Waals surface area contributed by atoms with Crippen molar-refractivity contribution in [3.8, 4) is 5.75 Å². The monoisotopic (exact) mass is 397 g/mol. The first-order valence-corrected chi connectivity index (χ1v) is 10.7. The number of hydrogen-bond donors (Lipinski definition) is 1. The zero-order valence-corrected chi connectivity index (χ0v) is 17.7. The van der Waals surface area contributed by atoms with E-state index in [0.29, 0.717) is 18.0 Å². The summed E-state index contributed by atoms with van der Waals surface area (Å²) in [5.74, 6) is 0.609. The van der Waals surface area contributed by atoms with E-state index in [1.54, 1.807) is 6.07 Å². The van der Waals surface area contributed by atoms with Gasteiger partial charge in [0.15, 0.2) is 0 Å². The van der Waals surface area contributed by atoms with Crippen molar-refractivity contribution >= 4 is 15.9 Å². The molecule has 27 heavy (non-hydrogen) atoms. The predicted octanol–water partition coefficient (Wildman–Crippen LogP) is 1.80. The van der Waals surface area contributed by atoms with Gasteiger partial charge in [0, 0.05) is 38.8 Å². The van der Waals surface area contributed by atoms with Crippen LogP contribution in [-0.2, 0) is 10.0 Å². The lowest BCUT2D eigenvalue weighted by Gasteiger charge is -2.35. The standard InChI is InChI=1S/C19H31N3O4S/c1-14-7-6-10-22(13-14)15(2)12-20-19(23)16-8-9-17(26-5)18(11-16)27(24,25)21(3)4/h8-9,11,14-15H,6-7,10,12-13H2,1-5H3,(H,20,23)/t14-,15+/m1/s1. The molecule has 1 N–H and O–H groups in total. The number of ether oxygens (including phenoxy) is 1. The summed E-state index contributed by atoms with van der Waals surface area (Å²) in [6, 6.07) is 4.70. The smallest absolute Gasteiger partial charge is 0.251 e. The van der Waals surface area contributed by atoms with Gasteiger partial charge in [0.2, 0.25) is 10.0 Å². The molecule has 0 saturated carbocycles. The van der Waals surface area contributed by atoms with E-state index in [1.165, 1.54) is 46.2 Å². The van der Waals surface area contributed by atoms with E-state index in [1.807, 2.05) is 0 Å². The van der Waals surface area contributed by atoms with Crippen LogP contribution in [0.4, 0.5) is 0 Å². The molecule has 1 aromatic carbocycles. The maximum absolute atomic E-state index is 12.6. The van der Waals surface area contributed by atoms with Crippen molar-refractivity contribution in [1.82, 2.24) is 14.5 Å². The molecule has 1 fully saturated rings. The third-order valence-corrected chi connectivity index (χ3v) is 6.89. The molecule has 8 heteroatoms. The van der Waals surface area contributed by atoms with Crippen molar-refractivity contribution in [3.63, 3.8) is 0 Å². The quantitative estimate of drug-likeness (QED) is 0.759. The Morgan fingerprint density at radius 1 is 1.41 bits per heavy atom. The van der Waals surface area contributed by atoms with Crippen molar-refractivity contribution in [2.24, 2.45) is 5.92 Å². The molecule has 1 amide bonds. The highest BCUT2D eigenvalue weighted by molar-refractivity contribution is 7.89. The van der Waals surface area contributed by atoms with Gasteiger partial charge in [0.1, 0.15) is 10.6 Å². The number of carbonyl (C=O) groups excluding carboxylic acids is 1. The summed E-state index contributed by atoms with van der Waals surface area (Å²) in [7, 11) is 0.592. The van der Waals surface area contributed by atoms with E-state index in [-0.39, 0.29) is 22.6 Å². The number of amides is 1. The lowest BCUT2D eigenvalue weighted by atomic mass is 9.99. The van der Waals surface area contributed by atoms with E-state index >= 15 is 0 Å². The zero-order chi connectivity index (χ0) is 20.2. The summed E-state index contributed by atoms with van der Waals surface area (Å²) in [6.07, 6.45) is 2.44. The molecule has 0 aliphatic carbocycles. The number of piperidine rings is 1. The summed E-state index contributed by atoms with van der Waals surface area (Å²) in [5.41, 5.74) is 0.301. The minimum atomic E-state index is -3.71. The molecule has 0 spiro atoms. The molecule has 1 aliphatic heterocycles. The molecule has 2 atom stereocenters. The number of carbonyl (C=O) groups is 1. The third-order valence-electron chi connectivity index (χ3n) is 5.05. The van der Waals surface area contributed by atoms with Crippen LogP contribution in [0, 0.1) is 5.92 Å². The molecule has 0 unspecified atom stereocenters. The van der Waals surface area contributed by atoms with E-state index in [2.05, 4.69) is 24.1 Å². The van der Waals surface area contributed by atoms with Gasteiger partial charge in [0.25, 0.3) is 5.91 Å². The second-order valence-electron chi connectivity index (χ2n) is 7.45. The summed E-state index contributed by atoms with van der Waals surface area (Å²) < 4.78 is 31.3. The number of methoxy groups -OCH3 is 1. The Bertz CT molecular complexity index is 764. The largest absolute Gasteiger partial charge is 0.495 e. The maximum Gasteiger partial charge on any atom is 0.251 e. The minimum Gasteiger partial charge on any atom is -0.495 e. The van der Waals surface area contributed by atoms with Crippen LogP contribution in [0.25, 0.3) is 0 Å². The molecule has 152 valence electrons. The van der Waals surface area contributed by atoms with E-state index in [4.69, 9.17) is 4.74 Å². The summed E-state index contributed by atoms with van der Waals surface area (Å²) >= 11 is 0. The Kier molecular flexibility index (Phi) is 7.25. The molecule has 2 rings (SSSR count). The number of rotatable bonds is 7. The SMILES string of the molecule is COc1ccc(C(=O)NC[C@H](C)N2CCC[C@@H](C)C2)cc1S(=O)(=O)N(C)C. The first kappa shape index (κ1) is 21.7. The van der Waals surface area contributed by atoms with Gasteiger partial charge < -0.3 is 10.1 Å². The second kappa shape index (κ2) is 9.03. The molecule has 1 aliphatic rings. The lowest BCUT2D eigenvalue weighted by molar-refractivity contribution is 0.0917. The van der Waals surface area contributed by atoms with Crippen molar-refractivity contribution in [1.29, 1.82) is 0 Å². The van der Waals surface area contributed by atoms with Crippen molar-refractivity contribution in [2.45, 2.75) is 37.6 Å². The number of likely N-dealkylation sites (tertiary alicyclic amines) is 1. The van der Waals surface area contributed by atoms with Crippen molar-refractivity contribution in [3.05, 3.63) is 23.8 Å². The van der Waals surface area contributed by atoms with Crippen LogP contribution in [0.3, 0.4) is 0 Å². The molecular formula is C19H31N3O4S. The van der Waals surface area contributed by atoms with Crippen molar-refractivity contribution in [2.75, 3.05) is 40.8 Å². The van der Waals surface area contributed by atoms with Gasteiger partial charge in [-0.2, -0.15) is 0 Å². The molecule has 7 nitrogen and oxygen atoms in total. The Morgan fingerprint density at radius 3 is 2.70 bits per heavy atom. The van der Waals surface area contributed by atoms with Gasteiger partial charge in [0.05, 0.1) is 7.11 Å². The molecule has 1 heterocycles. The predicted molar refractivity (Wildman–Crippen MR) is 106 cm³/mol. The van der Waals surface area contributed by atoms with Gasteiger partial charge in [-0.25, -0.2) is 12.7 Å². The Balaban J connectivity index is 2.10. The average molecular weight is 398 g/mol. The summed E-state index contributed by atoms with van der Waals surface area (Å²) in [5, 5.41) is 2.93. The number of sulfonamides is 1. The van der Waals surface area contributed by atoms with Gasteiger partial charge in [-0.3, -0.25) is 9.69 Å². The number of nitrogens with one attached hydrogen (secondary N) is 1. The van der Waals surface area contributed by atoms with Crippen LogP contribution in [0.2, 0.25) is 0 Å². The molecule has 0 aromatic heterocycles. The maximum atomic E-state index is 12.6. The molecule has 1 aromatic rings. The highest BCUT2D eigenvalue weighted by Crippen LogP contribution is 2.27. The first-order valence-electron chi connectivity index (χ1n) is 9.29. The number of hydrogen-bond acceptors (Lipinski definition) is 5. The van der Waals surface area contributed by atoms with Gasteiger partial charge in [-0.05, 0) is 50.4 Å². The minimum absolute atomic E-state index is 0.0134. The number of benzene rings is 1. The highest BCUT2D eigenvalue weighted by Gasteiger charge is 2.25. The number of nitrogens with zero attached hydrogens (tertiary/aromatic N) is 2. The zero-order valence-electron chi connectivity index (χ0n) is 16.9.